The van der Waals surface area contributed by atoms with Gasteiger partial charge in [-0.15, -0.1) is 0 Å². The van der Waals surface area contributed by atoms with Gasteiger partial charge in [-0.1, -0.05) is 25.5 Å². The molecule has 0 amide bonds. The third-order valence-electron chi connectivity index (χ3n) is 5.33. The molecular formula is C21H27NO5S2. The molecule has 1 aliphatic rings. The average Bonchev–Trinajstić information content (AvgIpc) is 2.74. The van der Waals surface area contributed by atoms with E-state index in [0.29, 0.717) is 5.75 Å². The Balaban J connectivity index is 1.70. The maximum absolute atomic E-state index is 12.9. The van der Waals surface area contributed by atoms with Crippen LogP contribution >= 0.6 is 0 Å². The standard InChI is InChI=1S/C21H27NO5S2/c1-3-4-17-5-9-21(10-6-17)29(25,26)22-15-13-20(14-16-22)28(23,24)19-11-7-18(27-2)8-12-19/h5-12,20H,3-4,13-16H2,1-2H3. The van der Waals surface area contributed by atoms with Gasteiger partial charge in [-0.3, -0.25) is 0 Å². The van der Waals surface area contributed by atoms with Crippen LogP contribution in [0.2, 0.25) is 0 Å². The van der Waals surface area contributed by atoms with E-state index in [1.54, 1.807) is 24.3 Å². The molecule has 1 heterocycles. The number of hydrogen-bond acceptors (Lipinski definition) is 5. The summed E-state index contributed by atoms with van der Waals surface area (Å²) in [6.07, 6.45) is 2.47. The van der Waals surface area contributed by atoms with Crippen molar-refractivity contribution in [3.05, 3.63) is 54.1 Å². The van der Waals surface area contributed by atoms with Gasteiger partial charge in [0.25, 0.3) is 0 Å². The van der Waals surface area contributed by atoms with E-state index in [2.05, 4.69) is 6.92 Å². The zero-order valence-corrected chi connectivity index (χ0v) is 18.4. The van der Waals surface area contributed by atoms with E-state index in [1.807, 2.05) is 12.1 Å². The Labute approximate surface area is 173 Å². The van der Waals surface area contributed by atoms with Gasteiger partial charge in [-0.05, 0) is 61.2 Å². The second kappa shape index (κ2) is 8.85. The molecule has 3 rings (SSSR count). The molecule has 0 N–H and O–H groups in total. The second-order valence-corrected chi connectivity index (χ2v) is 11.4. The Hall–Kier alpha value is -1.90. The third-order valence-corrected chi connectivity index (χ3v) is 9.52. The first-order valence-corrected chi connectivity index (χ1v) is 12.7. The van der Waals surface area contributed by atoms with Crippen LogP contribution in [0.15, 0.2) is 58.3 Å². The molecule has 0 aliphatic carbocycles. The van der Waals surface area contributed by atoms with E-state index >= 15 is 0 Å². The van der Waals surface area contributed by atoms with Gasteiger partial charge in [0.15, 0.2) is 9.84 Å². The lowest BCUT2D eigenvalue weighted by Gasteiger charge is -2.31. The predicted octanol–water partition coefficient (Wildman–Crippen LogP) is 3.27. The molecular weight excluding hydrogens is 410 g/mol. The summed E-state index contributed by atoms with van der Waals surface area (Å²) in [5, 5.41) is -0.589. The van der Waals surface area contributed by atoms with Gasteiger partial charge in [0, 0.05) is 13.1 Å². The van der Waals surface area contributed by atoms with Crippen LogP contribution in [0.1, 0.15) is 31.7 Å². The number of hydrogen-bond donors (Lipinski definition) is 0. The van der Waals surface area contributed by atoms with Crippen molar-refractivity contribution < 1.29 is 21.6 Å². The molecule has 2 aromatic rings. The molecule has 6 nitrogen and oxygen atoms in total. The smallest absolute Gasteiger partial charge is 0.243 e. The summed E-state index contributed by atoms with van der Waals surface area (Å²) < 4.78 is 58.1. The van der Waals surface area contributed by atoms with Crippen molar-refractivity contribution in [3.8, 4) is 5.75 Å². The first-order valence-electron chi connectivity index (χ1n) is 9.76. The topological polar surface area (TPSA) is 80.8 Å². The molecule has 0 bridgehead atoms. The van der Waals surface area contributed by atoms with Crippen LogP contribution in [0.5, 0.6) is 5.75 Å². The normalized spacial score (nSPS) is 16.6. The summed E-state index contributed by atoms with van der Waals surface area (Å²) in [4.78, 5) is 0.500. The van der Waals surface area contributed by atoms with Gasteiger partial charge in [0.2, 0.25) is 10.0 Å². The minimum Gasteiger partial charge on any atom is -0.497 e. The zero-order valence-electron chi connectivity index (χ0n) is 16.7. The number of ether oxygens (including phenoxy) is 1. The number of aryl methyl sites for hydroxylation is 1. The van der Waals surface area contributed by atoms with Gasteiger partial charge in [-0.2, -0.15) is 4.31 Å². The quantitative estimate of drug-likeness (QED) is 0.664. The Bertz CT molecular complexity index is 1020. The summed E-state index contributed by atoms with van der Waals surface area (Å²) in [6, 6.07) is 13.3. The number of sulfonamides is 1. The number of methoxy groups -OCH3 is 1. The number of nitrogens with zero attached hydrogens (tertiary/aromatic N) is 1. The monoisotopic (exact) mass is 437 g/mol. The summed E-state index contributed by atoms with van der Waals surface area (Å²) in [5.41, 5.74) is 1.11. The highest BCUT2D eigenvalue weighted by Gasteiger charge is 2.35. The average molecular weight is 438 g/mol. The van der Waals surface area contributed by atoms with E-state index < -0.39 is 25.1 Å². The molecule has 2 aromatic carbocycles. The van der Waals surface area contributed by atoms with E-state index in [9.17, 15) is 16.8 Å². The summed E-state index contributed by atoms with van der Waals surface area (Å²) in [7, 11) is -5.60. The Morgan fingerprint density at radius 2 is 1.45 bits per heavy atom. The molecule has 0 aromatic heterocycles. The van der Waals surface area contributed by atoms with Crippen LogP contribution in [0.3, 0.4) is 0 Å². The van der Waals surface area contributed by atoms with Gasteiger partial charge in [-0.25, -0.2) is 16.8 Å². The Morgan fingerprint density at radius 3 is 1.97 bits per heavy atom. The molecule has 0 saturated carbocycles. The first-order chi connectivity index (χ1) is 13.8. The fourth-order valence-corrected chi connectivity index (χ4v) is 6.81. The van der Waals surface area contributed by atoms with Crippen LogP contribution in [0.4, 0.5) is 0 Å². The maximum atomic E-state index is 12.9. The van der Waals surface area contributed by atoms with E-state index in [1.165, 1.54) is 23.5 Å². The van der Waals surface area contributed by atoms with E-state index in [4.69, 9.17) is 4.74 Å². The highest BCUT2D eigenvalue weighted by atomic mass is 32.2. The second-order valence-electron chi connectivity index (χ2n) is 7.22. The lowest BCUT2D eigenvalue weighted by Crippen LogP contribution is -2.42. The zero-order chi connectivity index (χ0) is 21.1. The van der Waals surface area contributed by atoms with Crippen LogP contribution in [0, 0.1) is 0 Å². The largest absolute Gasteiger partial charge is 0.497 e. The Kier molecular flexibility index (Phi) is 6.65. The first kappa shape index (κ1) is 21.8. The number of benzene rings is 2. The number of piperidine rings is 1. The summed E-state index contributed by atoms with van der Waals surface area (Å²) in [5.74, 6) is 0.592. The minimum atomic E-state index is -3.61. The van der Waals surface area contributed by atoms with Crippen molar-refractivity contribution in [3.63, 3.8) is 0 Å². The van der Waals surface area contributed by atoms with Crippen molar-refractivity contribution >= 4 is 19.9 Å². The number of sulfone groups is 1. The molecule has 158 valence electrons. The predicted molar refractivity (Wildman–Crippen MR) is 112 cm³/mol. The molecule has 1 fully saturated rings. The molecule has 0 radical (unpaired) electrons. The van der Waals surface area contributed by atoms with Gasteiger partial charge >= 0.3 is 0 Å². The molecule has 0 unspecified atom stereocenters. The highest BCUT2D eigenvalue weighted by molar-refractivity contribution is 7.92. The molecule has 1 saturated heterocycles. The molecule has 0 atom stereocenters. The van der Waals surface area contributed by atoms with Crippen molar-refractivity contribution in [1.82, 2.24) is 4.31 Å². The van der Waals surface area contributed by atoms with Crippen LogP contribution in [0.25, 0.3) is 0 Å². The fraction of sp³-hybridized carbons (Fsp3) is 0.429. The summed E-state index contributed by atoms with van der Waals surface area (Å²) >= 11 is 0. The van der Waals surface area contributed by atoms with Crippen molar-refractivity contribution in [2.45, 2.75) is 47.6 Å². The minimum absolute atomic E-state index is 0.194. The van der Waals surface area contributed by atoms with Crippen molar-refractivity contribution in [1.29, 1.82) is 0 Å². The highest BCUT2D eigenvalue weighted by Crippen LogP contribution is 2.28. The molecule has 1 aliphatic heterocycles. The lowest BCUT2D eigenvalue weighted by atomic mass is 10.1. The van der Waals surface area contributed by atoms with Crippen LogP contribution < -0.4 is 4.74 Å². The number of rotatable bonds is 7. The molecule has 0 spiro atoms. The SMILES string of the molecule is CCCc1ccc(S(=O)(=O)N2CCC(S(=O)(=O)c3ccc(OC)cc3)CC2)cc1. The molecule has 8 heteroatoms. The van der Waals surface area contributed by atoms with Gasteiger partial charge in [0.1, 0.15) is 5.75 Å². The van der Waals surface area contributed by atoms with E-state index in [0.717, 1.165) is 18.4 Å². The maximum Gasteiger partial charge on any atom is 0.243 e. The van der Waals surface area contributed by atoms with E-state index in [-0.39, 0.29) is 35.7 Å². The van der Waals surface area contributed by atoms with Crippen LogP contribution in [-0.2, 0) is 26.3 Å². The lowest BCUT2D eigenvalue weighted by molar-refractivity contribution is 0.345. The third kappa shape index (κ3) is 4.65. The van der Waals surface area contributed by atoms with Crippen molar-refractivity contribution in [2.75, 3.05) is 20.2 Å². The summed E-state index contributed by atoms with van der Waals surface area (Å²) in [6.45, 7) is 2.47. The fourth-order valence-electron chi connectivity index (χ4n) is 3.61. The van der Waals surface area contributed by atoms with Gasteiger partial charge in [0.05, 0.1) is 22.2 Å². The van der Waals surface area contributed by atoms with Gasteiger partial charge < -0.3 is 4.74 Å². The Morgan fingerprint density at radius 1 is 0.897 bits per heavy atom. The molecule has 29 heavy (non-hydrogen) atoms. The van der Waals surface area contributed by atoms with Crippen molar-refractivity contribution in [2.24, 2.45) is 0 Å². The van der Waals surface area contributed by atoms with Crippen LogP contribution in [-0.4, -0.2) is 46.6 Å².